The number of imide groups is 1. The molecule has 0 unspecified atom stereocenters. The summed E-state index contributed by atoms with van der Waals surface area (Å²) in [7, 11) is 0. The maximum atomic E-state index is 13.5. The van der Waals surface area contributed by atoms with Crippen molar-refractivity contribution in [3.05, 3.63) is 47.2 Å². The molecule has 0 saturated carbocycles. The Hall–Kier alpha value is -3.13. The van der Waals surface area contributed by atoms with E-state index in [-0.39, 0.29) is 11.3 Å². The van der Waals surface area contributed by atoms with Crippen molar-refractivity contribution in [1.82, 2.24) is 5.01 Å². The van der Waals surface area contributed by atoms with Gasteiger partial charge in [-0.1, -0.05) is 43.1 Å². The van der Waals surface area contributed by atoms with E-state index in [2.05, 4.69) is 5.10 Å². The van der Waals surface area contributed by atoms with Crippen LogP contribution < -0.4 is 4.90 Å². The summed E-state index contributed by atoms with van der Waals surface area (Å²) in [5.41, 5.74) is 0.141. The second-order valence-electron chi connectivity index (χ2n) is 9.98. The van der Waals surface area contributed by atoms with Gasteiger partial charge in [-0.25, -0.2) is 14.5 Å². The standard InChI is InChI=1S/C25H30ClN3O5/c1-8-11-17-20(21(30)29(27-17)23(32)34-25(5,6)7)19-14-16(26)15-12-9-10-13-18(15)28(19)22(31)33-24(2,3)4/h9-10,12-14H,8,11H2,1-7H3/b20-19-. The molecule has 1 aromatic rings. The third kappa shape index (κ3) is 5.33. The summed E-state index contributed by atoms with van der Waals surface area (Å²) in [6.45, 7) is 12.3. The first kappa shape index (κ1) is 25.5. The highest BCUT2D eigenvalue weighted by atomic mass is 35.5. The summed E-state index contributed by atoms with van der Waals surface area (Å²) in [5.74, 6) is -0.693. The quantitative estimate of drug-likeness (QED) is 0.463. The smallest absolute Gasteiger partial charge is 0.438 e. The molecule has 0 fully saturated rings. The van der Waals surface area contributed by atoms with Crippen molar-refractivity contribution in [3.8, 4) is 0 Å². The number of carbonyl (C=O) groups excluding carboxylic acids is 3. The molecular weight excluding hydrogens is 458 g/mol. The molecule has 0 spiro atoms. The van der Waals surface area contributed by atoms with E-state index in [0.29, 0.717) is 39.8 Å². The summed E-state index contributed by atoms with van der Waals surface area (Å²) in [6, 6.07) is 7.06. The molecule has 0 aliphatic carbocycles. The molecule has 182 valence electrons. The number of fused-ring (bicyclic) bond motifs is 1. The zero-order valence-corrected chi connectivity index (χ0v) is 21.3. The van der Waals surface area contributed by atoms with E-state index in [4.69, 9.17) is 21.1 Å². The molecule has 3 rings (SSSR count). The number of halogens is 1. The number of nitrogens with zero attached hydrogens (tertiary/aromatic N) is 3. The Kier molecular flexibility index (Phi) is 6.94. The van der Waals surface area contributed by atoms with Crippen LogP contribution in [0, 0.1) is 0 Å². The van der Waals surface area contributed by atoms with Crippen LogP contribution in [0.3, 0.4) is 0 Å². The van der Waals surface area contributed by atoms with Gasteiger partial charge in [-0.2, -0.15) is 5.10 Å². The molecule has 0 N–H and O–H groups in total. The summed E-state index contributed by atoms with van der Waals surface area (Å²) >= 11 is 6.57. The largest absolute Gasteiger partial charge is 0.443 e. The topological polar surface area (TPSA) is 88.5 Å². The van der Waals surface area contributed by atoms with Crippen molar-refractivity contribution < 1.29 is 23.9 Å². The third-order valence-electron chi connectivity index (χ3n) is 4.71. The van der Waals surface area contributed by atoms with Crippen LogP contribution in [0.5, 0.6) is 0 Å². The first-order valence-electron chi connectivity index (χ1n) is 11.1. The summed E-state index contributed by atoms with van der Waals surface area (Å²) in [5, 5.41) is 5.31. The molecule has 0 bridgehead atoms. The normalized spacial score (nSPS) is 18.4. The number of carbonyl (C=O) groups is 3. The number of allylic oxidation sites excluding steroid dienone is 1. The SMILES string of the molecule is CCCC1=NN(C(=O)OC(C)(C)C)C(=O)/C1=C1/C=C(Cl)c2ccccc2N1C(=O)OC(C)(C)C. The Morgan fingerprint density at radius 2 is 1.59 bits per heavy atom. The number of hydrogen-bond donors (Lipinski definition) is 0. The molecular formula is C25H30ClN3O5. The molecule has 3 amide bonds. The molecule has 2 aliphatic heterocycles. The highest BCUT2D eigenvalue weighted by molar-refractivity contribution is 6.50. The van der Waals surface area contributed by atoms with Crippen LogP contribution in [0.15, 0.2) is 46.7 Å². The minimum absolute atomic E-state index is 0.103. The summed E-state index contributed by atoms with van der Waals surface area (Å²) in [4.78, 5) is 40.9. The second kappa shape index (κ2) is 9.25. The Bertz CT molecular complexity index is 1120. The molecule has 34 heavy (non-hydrogen) atoms. The van der Waals surface area contributed by atoms with Crippen molar-refractivity contribution in [2.75, 3.05) is 4.90 Å². The Morgan fingerprint density at radius 1 is 1.00 bits per heavy atom. The molecule has 1 aromatic carbocycles. The molecule has 0 aromatic heterocycles. The maximum Gasteiger partial charge on any atom is 0.438 e. The monoisotopic (exact) mass is 487 g/mol. The first-order valence-corrected chi connectivity index (χ1v) is 11.5. The van der Waals surface area contributed by atoms with Crippen molar-refractivity contribution in [2.24, 2.45) is 5.10 Å². The molecule has 8 nitrogen and oxygen atoms in total. The van der Waals surface area contributed by atoms with Crippen LogP contribution in [-0.2, 0) is 14.3 Å². The Labute approximate surface area is 204 Å². The van der Waals surface area contributed by atoms with Gasteiger partial charge in [0.25, 0.3) is 5.91 Å². The number of para-hydroxylation sites is 1. The predicted molar refractivity (Wildman–Crippen MR) is 131 cm³/mol. The van der Waals surface area contributed by atoms with Crippen LogP contribution in [0.2, 0.25) is 0 Å². The molecule has 2 heterocycles. The van der Waals surface area contributed by atoms with Crippen molar-refractivity contribution >= 4 is 46.1 Å². The van der Waals surface area contributed by atoms with Gasteiger partial charge in [0.05, 0.1) is 27.7 Å². The predicted octanol–water partition coefficient (Wildman–Crippen LogP) is 6.21. The lowest BCUT2D eigenvalue weighted by molar-refractivity contribution is -0.125. The fourth-order valence-corrected chi connectivity index (χ4v) is 3.76. The first-order chi connectivity index (χ1) is 15.7. The zero-order chi connectivity index (χ0) is 25.4. The van der Waals surface area contributed by atoms with Crippen molar-refractivity contribution in [2.45, 2.75) is 72.5 Å². The zero-order valence-electron chi connectivity index (χ0n) is 20.6. The second-order valence-corrected chi connectivity index (χ2v) is 10.4. The van der Waals surface area contributed by atoms with Gasteiger partial charge in [0, 0.05) is 5.56 Å². The fraction of sp³-hybridized carbons (Fsp3) is 0.440. The van der Waals surface area contributed by atoms with Crippen molar-refractivity contribution in [1.29, 1.82) is 0 Å². The minimum atomic E-state index is -0.892. The number of rotatable bonds is 2. The van der Waals surface area contributed by atoms with Crippen LogP contribution in [-0.4, -0.2) is 40.0 Å². The molecule has 0 atom stereocenters. The highest BCUT2D eigenvalue weighted by Crippen LogP contribution is 2.41. The lowest BCUT2D eigenvalue weighted by Gasteiger charge is -2.32. The number of benzene rings is 1. The van der Waals surface area contributed by atoms with Gasteiger partial charge in [-0.3, -0.25) is 4.79 Å². The van der Waals surface area contributed by atoms with Gasteiger partial charge in [0.15, 0.2) is 0 Å². The number of amides is 3. The number of anilines is 1. The van der Waals surface area contributed by atoms with E-state index in [0.717, 1.165) is 0 Å². The number of ether oxygens (including phenoxy) is 2. The van der Waals surface area contributed by atoms with Gasteiger partial charge in [-0.15, -0.1) is 5.01 Å². The summed E-state index contributed by atoms with van der Waals surface area (Å²) < 4.78 is 11.0. The van der Waals surface area contributed by atoms with Gasteiger partial charge in [0.1, 0.15) is 11.2 Å². The number of hydrogen-bond acceptors (Lipinski definition) is 6. The highest BCUT2D eigenvalue weighted by Gasteiger charge is 2.42. The van der Waals surface area contributed by atoms with E-state index >= 15 is 0 Å². The number of hydrazone groups is 1. The van der Waals surface area contributed by atoms with Gasteiger partial charge in [0.2, 0.25) is 0 Å². The average molecular weight is 488 g/mol. The van der Waals surface area contributed by atoms with Gasteiger partial charge >= 0.3 is 12.2 Å². The lowest BCUT2D eigenvalue weighted by atomic mass is 9.98. The van der Waals surface area contributed by atoms with Crippen LogP contribution in [0.4, 0.5) is 15.3 Å². The Morgan fingerprint density at radius 3 is 2.18 bits per heavy atom. The maximum absolute atomic E-state index is 13.5. The summed E-state index contributed by atoms with van der Waals surface area (Å²) in [6.07, 6.45) is 1.02. The van der Waals surface area contributed by atoms with Crippen LogP contribution in [0.1, 0.15) is 66.9 Å². The van der Waals surface area contributed by atoms with Crippen molar-refractivity contribution in [3.63, 3.8) is 0 Å². The molecule has 0 saturated heterocycles. The van der Waals surface area contributed by atoms with E-state index in [1.54, 1.807) is 65.8 Å². The van der Waals surface area contributed by atoms with Gasteiger partial charge in [-0.05, 0) is 60.1 Å². The molecule has 2 aliphatic rings. The van der Waals surface area contributed by atoms with E-state index in [1.165, 1.54) is 11.0 Å². The lowest BCUT2D eigenvalue weighted by Crippen LogP contribution is -2.40. The van der Waals surface area contributed by atoms with Crippen LogP contribution in [0.25, 0.3) is 5.03 Å². The van der Waals surface area contributed by atoms with E-state index in [1.807, 2.05) is 6.92 Å². The fourth-order valence-electron chi connectivity index (χ4n) is 3.49. The Balaban J connectivity index is 2.20. The van der Waals surface area contributed by atoms with E-state index in [9.17, 15) is 14.4 Å². The van der Waals surface area contributed by atoms with Gasteiger partial charge < -0.3 is 9.47 Å². The molecule has 9 heteroatoms. The minimum Gasteiger partial charge on any atom is -0.443 e. The van der Waals surface area contributed by atoms with E-state index < -0.39 is 29.3 Å². The third-order valence-corrected chi connectivity index (χ3v) is 5.02. The van der Waals surface area contributed by atoms with Crippen LogP contribution >= 0.6 is 11.6 Å². The average Bonchev–Trinajstić information content (AvgIpc) is 3.01. The molecule has 0 radical (unpaired) electrons.